The molecule has 0 aromatic heterocycles. The van der Waals surface area contributed by atoms with Crippen LogP contribution in [0, 0.1) is 23.5 Å². The van der Waals surface area contributed by atoms with Gasteiger partial charge in [0.05, 0.1) is 5.92 Å². The zero-order chi connectivity index (χ0) is 15.6. The Labute approximate surface area is 121 Å². The predicted molar refractivity (Wildman–Crippen MR) is 71.5 cm³/mol. The van der Waals surface area contributed by atoms with E-state index in [0.29, 0.717) is 18.5 Å². The number of amides is 1. The molecule has 1 aromatic rings. The number of carbonyl (C=O) groups is 2. The Kier molecular flexibility index (Phi) is 4.55. The van der Waals surface area contributed by atoms with Crippen molar-refractivity contribution in [1.29, 1.82) is 0 Å². The van der Waals surface area contributed by atoms with Crippen molar-refractivity contribution in [2.75, 3.05) is 13.1 Å². The van der Waals surface area contributed by atoms with E-state index in [1.807, 2.05) is 0 Å². The zero-order valence-corrected chi connectivity index (χ0v) is 11.7. The number of carboxylic acids is 1. The van der Waals surface area contributed by atoms with Gasteiger partial charge in [-0.25, -0.2) is 8.78 Å². The molecule has 0 radical (unpaired) electrons. The second-order valence-electron chi connectivity index (χ2n) is 5.47. The van der Waals surface area contributed by atoms with Gasteiger partial charge in [-0.3, -0.25) is 9.59 Å². The molecule has 0 bridgehead atoms. The molecule has 1 amide bonds. The average Bonchev–Trinajstić information content (AvgIpc) is 2.82. The highest BCUT2D eigenvalue weighted by atomic mass is 19.2. The number of nitrogens with zero attached hydrogens (tertiary/aromatic N) is 1. The smallest absolute Gasteiger partial charge is 0.308 e. The van der Waals surface area contributed by atoms with Crippen molar-refractivity contribution in [2.45, 2.75) is 19.8 Å². The van der Waals surface area contributed by atoms with Crippen LogP contribution in [0.2, 0.25) is 0 Å². The Bertz CT molecular complexity index is 562. The summed E-state index contributed by atoms with van der Waals surface area (Å²) in [5, 5.41) is 9.03. The van der Waals surface area contributed by atoms with E-state index in [1.165, 1.54) is 11.0 Å². The van der Waals surface area contributed by atoms with Gasteiger partial charge in [-0.2, -0.15) is 0 Å². The maximum atomic E-state index is 13.1. The van der Waals surface area contributed by atoms with Gasteiger partial charge in [0.2, 0.25) is 5.91 Å². The first-order chi connectivity index (χ1) is 9.88. The van der Waals surface area contributed by atoms with Gasteiger partial charge in [-0.05, 0) is 30.0 Å². The molecule has 114 valence electrons. The third-order valence-electron chi connectivity index (χ3n) is 3.89. The molecule has 2 atom stereocenters. The zero-order valence-electron chi connectivity index (χ0n) is 11.7. The van der Waals surface area contributed by atoms with Gasteiger partial charge < -0.3 is 10.0 Å². The number of carbonyl (C=O) groups excluding carboxylic acids is 1. The van der Waals surface area contributed by atoms with Crippen LogP contribution in [0.1, 0.15) is 18.9 Å². The van der Waals surface area contributed by atoms with Gasteiger partial charge in [-0.1, -0.05) is 13.0 Å². The lowest BCUT2D eigenvalue weighted by Gasteiger charge is -2.15. The van der Waals surface area contributed by atoms with Crippen LogP contribution in [0.3, 0.4) is 0 Å². The molecule has 0 spiro atoms. The van der Waals surface area contributed by atoms with Crippen molar-refractivity contribution in [2.24, 2.45) is 11.8 Å². The minimum Gasteiger partial charge on any atom is -0.481 e. The van der Waals surface area contributed by atoms with Crippen LogP contribution in [0.5, 0.6) is 0 Å². The third-order valence-corrected chi connectivity index (χ3v) is 3.89. The lowest BCUT2D eigenvalue weighted by atomic mass is 9.99. The Hall–Kier alpha value is -1.98. The first-order valence-electron chi connectivity index (χ1n) is 6.83. The van der Waals surface area contributed by atoms with Crippen molar-refractivity contribution in [3.63, 3.8) is 0 Å². The highest BCUT2D eigenvalue weighted by Gasteiger charge is 2.36. The summed E-state index contributed by atoms with van der Waals surface area (Å²) in [6.45, 7) is 2.45. The molecule has 1 fully saturated rings. The molecule has 0 saturated carbocycles. The molecule has 21 heavy (non-hydrogen) atoms. The number of rotatable bonds is 4. The van der Waals surface area contributed by atoms with Gasteiger partial charge >= 0.3 is 5.97 Å². The Morgan fingerprint density at radius 3 is 2.57 bits per heavy atom. The fourth-order valence-electron chi connectivity index (χ4n) is 2.60. The van der Waals surface area contributed by atoms with Gasteiger partial charge in [0.15, 0.2) is 11.6 Å². The largest absolute Gasteiger partial charge is 0.481 e. The molecule has 1 aliphatic rings. The molecular formula is C15H17F2NO3. The number of aryl methyl sites for hydroxylation is 1. The number of hydrogen-bond acceptors (Lipinski definition) is 2. The van der Waals surface area contributed by atoms with Crippen LogP contribution >= 0.6 is 0 Å². The molecule has 0 unspecified atom stereocenters. The number of likely N-dealkylation sites (tertiary alicyclic amines) is 1. The summed E-state index contributed by atoms with van der Waals surface area (Å²) in [7, 11) is 0. The molecule has 6 heteroatoms. The summed E-state index contributed by atoms with van der Waals surface area (Å²) in [5.41, 5.74) is 0.546. The molecule has 1 N–H and O–H groups in total. The molecule has 1 aromatic carbocycles. The van der Waals surface area contributed by atoms with E-state index in [-0.39, 0.29) is 24.8 Å². The van der Waals surface area contributed by atoms with Crippen LogP contribution in [0.25, 0.3) is 0 Å². The van der Waals surface area contributed by atoms with Crippen LogP contribution in [-0.4, -0.2) is 35.0 Å². The highest BCUT2D eigenvalue weighted by molar-refractivity contribution is 5.79. The first kappa shape index (κ1) is 15.4. The fraction of sp³-hybridized carbons (Fsp3) is 0.467. The number of halogens is 2. The van der Waals surface area contributed by atoms with E-state index in [4.69, 9.17) is 5.11 Å². The van der Waals surface area contributed by atoms with Crippen molar-refractivity contribution in [3.05, 3.63) is 35.4 Å². The standard InChI is InChI=1S/C15H17F2NO3/c1-9-7-18(8-11(9)15(20)21)14(19)5-3-10-2-4-12(16)13(17)6-10/h2,4,6,9,11H,3,5,7-8H2,1H3,(H,20,21)/t9-,11-/m1/s1. The van der Waals surface area contributed by atoms with Crippen molar-refractivity contribution >= 4 is 11.9 Å². The monoisotopic (exact) mass is 297 g/mol. The minimum absolute atomic E-state index is 0.0743. The highest BCUT2D eigenvalue weighted by Crippen LogP contribution is 2.24. The summed E-state index contributed by atoms with van der Waals surface area (Å²) < 4.78 is 25.9. The molecule has 0 aliphatic carbocycles. The Morgan fingerprint density at radius 2 is 2.00 bits per heavy atom. The number of hydrogen-bond donors (Lipinski definition) is 1. The van der Waals surface area contributed by atoms with Gasteiger partial charge in [-0.15, -0.1) is 0 Å². The summed E-state index contributed by atoms with van der Waals surface area (Å²) >= 11 is 0. The second-order valence-corrected chi connectivity index (χ2v) is 5.47. The van der Waals surface area contributed by atoms with Crippen molar-refractivity contribution < 1.29 is 23.5 Å². The van der Waals surface area contributed by atoms with Crippen molar-refractivity contribution in [1.82, 2.24) is 4.90 Å². The normalized spacial score (nSPS) is 21.6. The van der Waals surface area contributed by atoms with Gasteiger partial charge in [0.25, 0.3) is 0 Å². The minimum atomic E-state index is -0.930. The quantitative estimate of drug-likeness (QED) is 0.925. The van der Waals surface area contributed by atoms with Crippen LogP contribution in [0.15, 0.2) is 18.2 Å². The molecular weight excluding hydrogens is 280 g/mol. The maximum Gasteiger partial charge on any atom is 0.308 e. The van der Waals surface area contributed by atoms with Gasteiger partial charge in [0.1, 0.15) is 0 Å². The Balaban J connectivity index is 1.90. The molecule has 1 heterocycles. The summed E-state index contributed by atoms with van der Waals surface area (Å²) in [5.74, 6) is -3.50. The van der Waals surface area contributed by atoms with Crippen LogP contribution < -0.4 is 0 Å². The molecule has 2 rings (SSSR count). The van der Waals surface area contributed by atoms with Crippen LogP contribution in [0.4, 0.5) is 8.78 Å². The van der Waals surface area contributed by atoms with Crippen LogP contribution in [-0.2, 0) is 16.0 Å². The maximum absolute atomic E-state index is 13.1. The van der Waals surface area contributed by atoms with E-state index >= 15 is 0 Å². The first-order valence-corrected chi connectivity index (χ1v) is 6.83. The second kappa shape index (κ2) is 6.20. The number of benzene rings is 1. The lowest BCUT2D eigenvalue weighted by Crippen LogP contribution is -2.30. The average molecular weight is 297 g/mol. The van der Waals surface area contributed by atoms with E-state index in [0.717, 1.165) is 12.1 Å². The number of carboxylic acid groups (broad SMARTS) is 1. The lowest BCUT2D eigenvalue weighted by molar-refractivity contribution is -0.142. The molecule has 1 aliphatic heterocycles. The molecule has 4 nitrogen and oxygen atoms in total. The topological polar surface area (TPSA) is 57.6 Å². The SMILES string of the molecule is C[C@@H]1CN(C(=O)CCc2ccc(F)c(F)c2)C[C@H]1C(=O)O. The fourth-order valence-corrected chi connectivity index (χ4v) is 2.60. The predicted octanol–water partition coefficient (Wildman–Crippen LogP) is 2.08. The van der Waals surface area contributed by atoms with E-state index < -0.39 is 23.5 Å². The number of aliphatic carboxylic acids is 1. The molecule has 1 saturated heterocycles. The summed E-state index contributed by atoms with van der Waals surface area (Å²) in [6, 6.07) is 3.56. The summed E-state index contributed by atoms with van der Waals surface area (Å²) in [6.07, 6.45) is 0.461. The van der Waals surface area contributed by atoms with E-state index in [1.54, 1.807) is 6.92 Å². The van der Waals surface area contributed by atoms with E-state index in [9.17, 15) is 18.4 Å². The third kappa shape index (κ3) is 3.56. The Morgan fingerprint density at radius 1 is 1.29 bits per heavy atom. The van der Waals surface area contributed by atoms with E-state index in [2.05, 4.69) is 0 Å². The summed E-state index contributed by atoms with van der Waals surface area (Å²) in [4.78, 5) is 24.6. The van der Waals surface area contributed by atoms with Gasteiger partial charge in [0, 0.05) is 19.5 Å². The van der Waals surface area contributed by atoms with Crippen molar-refractivity contribution in [3.8, 4) is 0 Å².